The van der Waals surface area contributed by atoms with Gasteiger partial charge in [0.2, 0.25) is 11.0 Å². The van der Waals surface area contributed by atoms with Gasteiger partial charge in [0.05, 0.1) is 6.54 Å². The van der Waals surface area contributed by atoms with Crippen LogP contribution in [0.4, 0.5) is 9.52 Å². The van der Waals surface area contributed by atoms with Crippen molar-refractivity contribution in [2.24, 2.45) is 0 Å². The largest absolute Gasteiger partial charge is 0.352 e. The van der Waals surface area contributed by atoms with Gasteiger partial charge in [-0.05, 0) is 31.0 Å². The van der Waals surface area contributed by atoms with Crippen LogP contribution in [0.5, 0.6) is 0 Å². The number of hydrogen-bond donors (Lipinski definition) is 2. The number of halogens is 2. The molecule has 0 atom stereocenters. The summed E-state index contributed by atoms with van der Waals surface area (Å²) >= 11 is 4.54. The van der Waals surface area contributed by atoms with Gasteiger partial charge in [-0.25, -0.2) is 4.39 Å². The maximum Gasteiger partial charge on any atom is 0.239 e. The molecular formula is C16H18BrFN4OS. The zero-order valence-corrected chi connectivity index (χ0v) is 15.4. The highest BCUT2D eigenvalue weighted by atomic mass is 79.9. The summed E-state index contributed by atoms with van der Waals surface area (Å²) in [6, 6.07) is 4.96. The fourth-order valence-electron chi connectivity index (χ4n) is 2.75. The average Bonchev–Trinajstić information content (AvgIpc) is 3.05. The SMILES string of the molecule is O=C(CNc1nnc(-c2cc(Br)ccc2F)s1)NC1CCCCC1. The van der Waals surface area contributed by atoms with Crippen molar-refractivity contribution < 1.29 is 9.18 Å². The topological polar surface area (TPSA) is 66.9 Å². The van der Waals surface area contributed by atoms with Crippen molar-refractivity contribution in [2.45, 2.75) is 38.1 Å². The van der Waals surface area contributed by atoms with Crippen LogP contribution in [0.15, 0.2) is 22.7 Å². The number of carbonyl (C=O) groups excluding carboxylic acids is 1. The molecule has 1 aromatic heterocycles. The summed E-state index contributed by atoms with van der Waals surface area (Å²) in [4.78, 5) is 12.0. The number of nitrogens with one attached hydrogen (secondary N) is 2. The summed E-state index contributed by atoms with van der Waals surface area (Å²) in [6.07, 6.45) is 5.71. The van der Waals surface area contributed by atoms with Gasteiger partial charge in [-0.1, -0.05) is 46.5 Å². The Bertz CT molecular complexity index is 718. The van der Waals surface area contributed by atoms with Crippen LogP contribution in [0.1, 0.15) is 32.1 Å². The van der Waals surface area contributed by atoms with Crippen molar-refractivity contribution in [1.29, 1.82) is 0 Å². The third-order valence-corrected chi connectivity index (χ3v) is 5.36. The Morgan fingerprint density at radius 3 is 2.88 bits per heavy atom. The summed E-state index contributed by atoms with van der Waals surface area (Å²) in [5.74, 6) is -0.400. The van der Waals surface area contributed by atoms with Crippen molar-refractivity contribution in [1.82, 2.24) is 15.5 Å². The predicted octanol–water partition coefficient (Wildman–Crippen LogP) is 3.97. The summed E-state index contributed by atoms with van der Waals surface area (Å²) in [7, 11) is 0. The molecule has 0 bridgehead atoms. The van der Waals surface area contributed by atoms with Crippen LogP contribution < -0.4 is 10.6 Å². The first-order chi connectivity index (χ1) is 11.6. The molecule has 1 heterocycles. The van der Waals surface area contributed by atoms with E-state index >= 15 is 0 Å². The molecular weight excluding hydrogens is 395 g/mol. The maximum absolute atomic E-state index is 13.9. The lowest BCUT2D eigenvalue weighted by atomic mass is 9.95. The van der Waals surface area contributed by atoms with Crippen LogP contribution >= 0.6 is 27.3 Å². The molecule has 3 rings (SSSR count). The molecule has 0 unspecified atom stereocenters. The van der Waals surface area contributed by atoms with E-state index in [9.17, 15) is 9.18 Å². The molecule has 0 aliphatic heterocycles. The van der Waals surface area contributed by atoms with Crippen molar-refractivity contribution >= 4 is 38.3 Å². The number of nitrogens with zero attached hydrogens (tertiary/aromatic N) is 2. The predicted molar refractivity (Wildman–Crippen MR) is 96.5 cm³/mol. The minimum atomic E-state index is -0.351. The van der Waals surface area contributed by atoms with Gasteiger partial charge in [-0.2, -0.15) is 0 Å². The van der Waals surface area contributed by atoms with Gasteiger partial charge in [0, 0.05) is 16.1 Å². The molecule has 5 nitrogen and oxygen atoms in total. The molecule has 1 aliphatic carbocycles. The van der Waals surface area contributed by atoms with E-state index in [4.69, 9.17) is 0 Å². The number of carbonyl (C=O) groups is 1. The van der Waals surface area contributed by atoms with Crippen LogP contribution in [0.3, 0.4) is 0 Å². The maximum atomic E-state index is 13.9. The van der Waals surface area contributed by atoms with E-state index in [-0.39, 0.29) is 24.3 Å². The Kier molecular flexibility index (Phi) is 5.78. The fourth-order valence-corrected chi connectivity index (χ4v) is 3.86. The van der Waals surface area contributed by atoms with E-state index in [1.165, 1.54) is 36.7 Å². The zero-order chi connectivity index (χ0) is 16.9. The van der Waals surface area contributed by atoms with Gasteiger partial charge in [-0.15, -0.1) is 10.2 Å². The van der Waals surface area contributed by atoms with Crippen molar-refractivity contribution in [2.75, 3.05) is 11.9 Å². The van der Waals surface area contributed by atoms with Crippen molar-refractivity contribution in [3.63, 3.8) is 0 Å². The van der Waals surface area contributed by atoms with E-state index < -0.39 is 0 Å². The highest BCUT2D eigenvalue weighted by Crippen LogP contribution is 2.30. The average molecular weight is 413 g/mol. The number of aromatic nitrogens is 2. The molecule has 0 saturated heterocycles. The normalized spacial score (nSPS) is 15.2. The van der Waals surface area contributed by atoms with Crippen LogP contribution in [0, 0.1) is 5.82 Å². The van der Waals surface area contributed by atoms with Gasteiger partial charge in [0.1, 0.15) is 5.82 Å². The number of rotatable bonds is 5. The summed E-state index contributed by atoms with van der Waals surface area (Å²) < 4.78 is 14.6. The molecule has 24 heavy (non-hydrogen) atoms. The van der Waals surface area contributed by atoms with Crippen molar-refractivity contribution in [3.8, 4) is 10.6 Å². The summed E-state index contributed by atoms with van der Waals surface area (Å²) in [5, 5.41) is 14.9. The minimum Gasteiger partial charge on any atom is -0.352 e. The standard InChI is InChI=1S/C16H18BrFN4OS/c17-10-6-7-13(18)12(8-10)15-21-22-16(24-15)19-9-14(23)20-11-4-2-1-3-5-11/h6-8,11H,1-5,9H2,(H,19,22)(H,20,23). The number of benzene rings is 1. The quantitative estimate of drug-likeness (QED) is 0.779. The molecule has 1 aliphatic rings. The van der Waals surface area contributed by atoms with Gasteiger partial charge in [-0.3, -0.25) is 4.79 Å². The highest BCUT2D eigenvalue weighted by molar-refractivity contribution is 9.10. The lowest BCUT2D eigenvalue weighted by molar-refractivity contribution is -0.120. The molecule has 1 aromatic carbocycles. The Labute approximate surface area is 152 Å². The van der Waals surface area contributed by atoms with E-state index in [2.05, 4.69) is 36.8 Å². The molecule has 2 aromatic rings. The fraction of sp³-hybridized carbons (Fsp3) is 0.438. The molecule has 0 spiro atoms. The Hall–Kier alpha value is -1.54. The molecule has 1 amide bonds. The third-order valence-electron chi connectivity index (χ3n) is 3.95. The zero-order valence-electron chi connectivity index (χ0n) is 13.0. The highest BCUT2D eigenvalue weighted by Gasteiger charge is 2.16. The third kappa shape index (κ3) is 4.51. The second-order valence-electron chi connectivity index (χ2n) is 5.79. The van der Waals surface area contributed by atoms with E-state index in [1.54, 1.807) is 12.1 Å². The molecule has 1 fully saturated rings. The number of anilines is 1. The number of amides is 1. The van der Waals surface area contributed by atoms with E-state index in [0.717, 1.165) is 17.3 Å². The molecule has 2 N–H and O–H groups in total. The first-order valence-electron chi connectivity index (χ1n) is 7.94. The molecule has 0 radical (unpaired) electrons. The second-order valence-corrected chi connectivity index (χ2v) is 7.69. The smallest absolute Gasteiger partial charge is 0.239 e. The van der Waals surface area contributed by atoms with E-state index in [1.807, 2.05) is 0 Å². The molecule has 128 valence electrons. The minimum absolute atomic E-state index is 0.0488. The summed E-state index contributed by atoms with van der Waals surface area (Å²) in [5.41, 5.74) is 0.390. The van der Waals surface area contributed by atoms with Gasteiger partial charge < -0.3 is 10.6 Å². The van der Waals surface area contributed by atoms with Crippen LogP contribution in [-0.2, 0) is 4.79 Å². The lowest BCUT2D eigenvalue weighted by Crippen LogP contribution is -2.39. The van der Waals surface area contributed by atoms with Crippen LogP contribution in [0.25, 0.3) is 10.6 Å². The second kappa shape index (κ2) is 8.02. The monoisotopic (exact) mass is 412 g/mol. The van der Waals surface area contributed by atoms with Gasteiger partial charge in [0.25, 0.3) is 0 Å². The molecule has 1 saturated carbocycles. The molecule has 8 heteroatoms. The van der Waals surface area contributed by atoms with Crippen LogP contribution in [-0.4, -0.2) is 28.7 Å². The number of hydrogen-bond acceptors (Lipinski definition) is 5. The summed E-state index contributed by atoms with van der Waals surface area (Å²) in [6.45, 7) is 0.145. The van der Waals surface area contributed by atoms with E-state index in [0.29, 0.717) is 15.7 Å². The van der Waals surface area contributed by atoms with Gasteiger partial charge >= 0.3 is 0 Å². The van der Waals surface area contributed by atoms with Gasteiger partial charge in [0.15, 0.2) is 5.01 Å². The Morgan fingerprint density at radius 1 is 1.29 bits per heavy atom. The van der Waals surface area contributed by atoms with Crippen molar-refractivity contribution in [3.05, 3.63) is 28.5 Å². The first-order valence-corrected chi connectivity index (χ1v) is 9.55. The Balaban J connectivity index is 1.56. The Morgan fingerprint density at radius 2 is 2.08 bits per heavy atom. The first kappa shape index (κ1) is 17.3. The lowest BCUT2D eigenvalue weighted by Gasteiger charge is -2.22. The van der Waals surface area contributed by atoms with Crippen LogP contribution in [0.2, 0.25) is 0 Å².